The van der Waals surface area contributed by atoms with E-state index >= 15 is 0 Å². The Labute approximate surface area is 139 Å². The van der Waals surface area contributed by atoms with E-state index in [9.17, 15) is 9.59 Å². The lowest BCUT2D eigenvalue weighted by Gasteiger charge is -2.20. The third-order valence-corrected chi connectivity index (χ3v) is 4.19. The van der Waals surface area contributed by atoms with Crippen molar-refractivity contribution < 1.29 is 4.74 Å². The summed E-state index contributed by atoms with van der Waals surface area (Å²) < 4.78 is 8.32. The number of rotatable bonds is 3. The second kappa shape index (κ2) is 5.78. The van der Waals surface area contributed by atoms with Crippen LogP contribution in [0.2, 0.25) is 0 Å². The highest BCUT2D eigenvalue weighted by atomic mass is 16.5. The molecule has 3 aromatic rings. The maximum absolute atomic E-state index is 13.0. The van der Waals surface area contributed by atoms with Gasteiger partial charge in [0.2, 0.25) is 0 Å². The van der Waals surface area contributed by atoms with E-state index < -0.39 is 0 Å². The first-order chi connectivity index (χ1) is 11.4. The summed E-state index contributed by atoms with van der Waals surface area (Å²) in [6.07, 6.45) is 1.54. The molecule has 0 aliphatic carbocycles. The summed E-state index contributed by atoms with van der Waals surface area (Å²) in [6, 6.07) is 5.20. The van der Waals surface area contributed by atoms with Gasteiger partial charge >= 0.3 is 5.69 Å². The van der Waals surface area contributed by atoms with Gasteiger partial charge in [0.15, 0.2) is 0 Å². The smallest absolute Gasteiger partial charge is 0.331 e. The summed E-state index contributed by atoms with van der Waals surface area (Å²) in [4.78, 5) is 30.2. The molecule has 24 heavy (non-hydrogen) atoms. The van der Waals surface area contributed by atoms with E-state index in [4.69, 9.17) is 4.74 Å². The lowest BCUT2D eigenvalue weighted by atomic mass is 10.1. The molecular weight excluding hydrogens is 306 g/mol. The Morgan fingerprint density at radius 1 is 1.00 bits per heavy atom. The highest BCUT2D eigenvalue weighted by Crippen LogP contribution is 2.29. The topological polar surface area (TPSA) is 66.1 Å². The Morgan fingerprint density at radius 3 is 2.25 bits per heavy atom. The maximum atomic E-state index is 13.0. The molecule has 2 aromatic heterocycles. The standard InChI is InChI=1S/C18H21N3O3/c1-10(2)20-16-12-7-6-8-14(24-5)15(12)19-9-13(16)17(22)21(11(3)4)18(20)23/h6-11H,1-5H3. The van der Waals surface area contributed by atoms with Gasteiger partial charge in [0.25, 0.3) is 5.56 Å². The summed E-state index contributed by atoms with van der Waals surface area (Å²) >= 11 is 0. The van der Waals surface area contributed by atoms with Crippen molar-refractivity contribution in [2.75, 3.05) is 7.11 Å². The lowest BCUT2D eigenvalue weighted by Crippen LogP contribution is -2.41. The highest BCUT2D eigenvalue weighted by molar-refractivity contribution is 6.04. The van der Waals surface area contributed by atoms with Gasteiger partial charge in [-0.15, -0.1) is 0 Å². The van der Waals surface area contributed by atoms with Crippen molar-refractivity contribution in [3.63, 3.8) is 0 Å². The minimum atomic E-state index is -0.306. The summed E-state index contributed by atoms with van der Waals surface area (Å²) in [5.41, 5.74) is 0.649. The first-order valence-electron chi connectivity index (χ1n) is 8.01. The molecular formula is C18H21N3O3. The van der Waals surface area contributed by atoms with Crippen molar-refractivity contribution in [2.24, 2.45) is 0 Å². The molecule has 6 heteroatoms. The number of pyridine rings is 1. The van der Waals surface area contributed by atoms with Gasteiger partial charge in [0, 0.05) is 23.7 Å². The number of ether oxygens (including phenoxy) is 1. The van der Waals surface area contributed by atoms with Gasteiger partial charge in [-0.05, 0) is 33.8 Å². The fourth-order valence-corrected chi connectivity index (χ4v) is 3.13. The number of fused-ring (bicyclic) bond motifs is 3. The van der Waals surface area contributed by atoms with Crippen LogP contribution in [0.25, 0.3) is 21.8 Å². The van der Waals surface area contributed by atoms with E-state index in [0.29, 0.717) is 22.2 Å². The van der Waals surface area contributed by atoms with Crippen molar-refractivity contribution in [3.8, 4) is 5.75 Å². The third-order valence-electron chi connectivity index (χ3n) is 4.19. The van der Waals surface area contributed by atoms with Crippen LogP contribution in [0, 0.1) is 0 Å². The normalized spacial score (nSPS) is 11.8. The van der Waals surface area contributed by atoms with Crippen molar-refractivity contribution >= 4 is 21.8 Å². The first-order valence-corrected chi connectivity index (χ1v) is 8.01. The van der Waals surface area contributed by atoms with Crippen LogP contribution in [-0.4, -0.2) is 21.2 Å². The van der Waals surface area contributed by atoms with Crippen LogP contribution in [0.1, 0.15) is 39.8 Å². The summed E-state index contributed by atoms with van der Waals surface area (Å²) in [5.74, 6) is 0.616. The van der Waals surface area contributed by atoms with Gasteiger partial charge in [-0.3, -0.25) is 18.9 Å². The Kier molecular flexibility index (Phi) is 3.91. The van der Waals surface area contributed by atoms with Crippen LogP contribution in [-0.2, 0) is 0 Å². The molecule has 0 unspecified atom stereocenters. The zero-order valence-electron chi connectivity index (χ0n) is 14.5. The van der Waals surface area contributed by atoms with Crippen LogP contribution in [0.3, 0.4) is 0 Å². The molecule has 0 spiro atoms. The predicted octanol–water partition coefficient (Wildman–Crippen LogP) is 2.88. The molecule has 0 aliphatic heterocycles. The van der Waals surface area contributed by atoms with E-state index in [1.54, 1.807) is 17.9 Å². The Balaban J connectivity index is 2.67. The Morgan fingerprint density at radius 2 is 1.67 bits per heavy atom. The number of hydrogen-bond donors (Lipinski definition) is 0. The van der Waals surface area contributed by atoms with Crippen molar-refractivity contribution in [2.45, 2.75) is 39.8 Å². The molecule has 0 radical (unpaired) electrons. The molecule has 0 saturated heterocycles. The number of para-hydroxylation sites is 1. The monoisotopic (exact) mass is 327 g/mol. The van der Waals surface area contributed by atoms with Gasteiger partial charge < -0.3 is 4.74 Å². The summed E-state index contributed by atoms with van der Waals surface area (Å²) in [5, 5.41) is 1.18. The van der Waals surface area contributed by atoms with Crippen molar-refractivity contribution in [3.05, 3.63) is 45.2 Å². The van der Waals surface area contributed by atoms with E-state index in [1.807, 2.05) is 45.9 Å². The fourth-order valence-electron chi connectivity index (χ4n) is 3.13. The molecule has 2 heterocycles. The lowest BCUT2D eigenvalue weighted by molar-refractivity contribution is 0.419. The number of nitrogens with zero attached hydrogens (tertiary/aromatic N) is 3. The van der Waals surface area contributed by atoms with Crippen LogP contribution in [0.15, 0.2) is 34.0 Å². The summed E-state index contributed by atoms with van der Waals surface area (Å²) in [6.45, 7) is 7.53. The average Bonchev–Trinajstić information content (AvgIpc) is 2.53. The number of benzene rings is 1. The molecule has 6 nitrogen and oxygen atoms in total. The Hall–Kier alpha value is -2.63. The van der Waals surface area contributed by atoms with Crippen molar-refractivity contribution in [1.29, 1.82) is 0 Å². The number of hydrogen-bond acceptors (Lipinski definition) is 4. The molecule has 1 aromatic carbocycles. The molecule has 0 N–H and O–H groups in total. The minimum absolute atomic E-state index is 0.0950. The van der Waals surface area contributed by atoms with Gasteiger partial charge in [-0.1, -0.05) is 12.1 Å². The third kappa shape index (κ3) is 2.21. The SMILES string of the molecule is COc1cccc2c1ncc1c(=O)n(C(C)C)c(=O)n(C(C)C)c12. The highest BCUT2D eigenvalue weighted by Gasteiger charge is 2.20. The quantitative estimate of drug-likeness (QED) is 0.694. The molecule has 0 bridgehead atoms. The van der Waals surface area contributed by atoms with Gasteiger partial charge in [-0.2, -0.15) is 0 Å². The number of aromatic nitrogens is 3. The first kappa shape index (κ1) is 16.2. The molecule has 3 rings (SSSR count). The molecule has 0 atom stereocenters. The second-order valence-electron chi connectivity index (χ2n) is 6.39. The molecule has 0 fully saturated rings. The number of methoxy groups -OCH3 is 1. The van der Waals surface area contributed by atoms with E-state index in [-0.39, 0.29) is 23.3 Å². The van der Waals surface area contributed by atoms with Crippen LogP contribution < -0.4 is 16.0 Å². The molecule has 0 saturated carbocycles. The average molecular weight is 327 g/mol. The van der Waals surface area contributed by atoms with Crippen LogP contribution in [0.4, 0.5) is 0 Å². The van der Waals surface area contributed by atoms with Gasteiger partial charge in [0.05, 0.1) is 18.0 Å². The molecule has 0 amide bonds. The van der Waals surface area contributed by atoms with E-state index in [2.05, 4.69) is 4.98 Å². The fraction of sp³-hybridized carbons (Fsp3) is 0.389. The minimum Gasteiger partial charge on any atom is -0.494 e. The second-order valence-corrected chi connectivity index (χ2v) is 6.39. The van der Waals surface area contributed by atoms with Crippen LogP contribution >= 0.6 is 0 Å². The summed E-state index contributed by atoms with van der Waals surface area (Å²) in [7, 11) is 1.58. The van der Waals surface area contributed by atoms with E-state index in [0.717, 1.165) is 5.39 Å². The largest absolute Gasteiger partial charge is 0.494 e. The molecule has 126 valence electrons. The van der Waals surface area contributed by atoms with Gasteiger partial charge in [0.1, 0.15) is 11.3 Å². The molecule has 0 aliphatic rings. The zero-order valence-corrected chi connectivity index (χ0v) is 14.5. The Bertz CT molecular complexity index is 1050. The maximum Gasteiger partial charge on any atom is 0.331 e. The van der Waals surface area contributed by atoms with Crippen molar-refractivity contribution in [1.82, 2.24) is 14.1 Å². The zero-order chi connectivity index (χ0) is 17.6. The van der Waals surface area contributed by atoms with E-state index in [1.165, 1.54) is 4.57 Å². The van der Waals surface area contributed by atoms with Crippen LogP contribution in [0.5, 0.6) is 5.75 Å². The van der Waals surface area contributed by atoms with Gasteiger partial charge in [-0.25, -0.2) is 4.79 Å². The predicted molar refractivity (Wildman–Crippen MR) is 95.1 cm³/mol.